The van der Waals surface area contributed by atoms with E-state index in [1.54, 1.807) is 13.0 Å². The second-order valence-electron chi connectivity index (χ2n) is 5.46. The van der Waals surface area contributed by atoms with Gasteiger partial charge in [-0.1, -0.05) is 11.6 Å². The van der Waals surface area contributed by atoms with Gasteiger partial charge in [-0.2, -0.15) is 5.10 Å². The molecule has 0 radical (unpaired) electrons. The molecule has 1 saturated heterocycles. The average molecular weight is 402 g/mol. The Morgan fingerprint density at radius 1 is 1.52 bits per heavy atom. The van der Waals surface area contributed by atoms with Crippen LogP contribution in [0.4, 0.5) is 0 Å². The first-order chi connectivity index (χ1) is 11.1. The van der Waals surface area contributed by atoms with Gasteiger partial charge < -0.3 is 9.47 Å². The Balaban J connectivity index is 2.09. The summed E-state index contributed by atoms with van der Waals surface area (Å²) in [7, 11) is 0. The Hall–Kier alpha value is -1.11. The van der Waals surface area contributed by atoms with Gasteiger partial charge in [0.1, 0.15) is 4.60 Å². The SMILES string of the molecule is CCOC(=O)Cc1c(Cl)ccc2c(Br)nn(C3CCCCO3)c12. The van der Waals surface area contributed by atoms with Crippen molar-refractivity contribution < 1.29 is 14.3 Å². The maximum atomic E-state index is 11.9. The first-order valence-electron chi connectivity index (χ1n) is 7.74. The quantitative estimate of drug-likeness (QED) is 0.718. The fraction of sp³-hybridized carbons (Fsp3) is 0.500. The number of carbonyl (C=O) groups excluding carboxylic acids is 1. The van der Waals surface area contributed by atoms with E-state index in [1.165, 1.54) is 0 Å². The van der Waals surface area contributed by atoms with Crippen molar-refractivity contribution in [1.29, 1.82) is 0 Å². The van der Waals surface area contributed by atoms with Gasteiger partial charge in [0.25, 0.3) is 0 Å². The van der Waals surface area contributed by atoms with Crippen molar-refractivity contribution >= 4 is 44.4 Å². The number of fused-ring (bicyclic) bond motifs is 1. The zero-order valence-corrected chi connectivity index (χ0v) is 15.2. The maximum absolute atomic E-state index is 11.9. The first-order valence-corrected chi connectivity index (χ1v) is 8.91. The fourth-order valence-electron chi connectivity index (χ4n) is 2.89. The predicted molar refractivity (Wildman–Crippen MR) is 91.6 cm³/mol. The zero-order valence-electron chi connectivity index (χ0n) is 12.8. The van der Waals surface area contributed by atoms with Crippen LogP contribution in [0.15, 0.2) is 16.7 Å². The van der Waals surface area contributed by atoms with Crippen LogP contribution in [0, 0.1) is 0 Å². The summed E-state index contributed by atoms with van der Waals surface area (Å²) in [4.78, 5) is 11.9. The number of halogens is 2. The molecule has 5 nitrogen and oxygen atoms in total. The van der Waals surface area contributed by atoms with Crippen molar-refractivity contribution in [1.82, 2.24) is 9.78 Å². The van der Waals surface area contributed by atoms with Crippen molar-refractivity contribution in [3.8, 4) is 0 Å². The predicted octanol–water partition coefficient (Wildman–Crippen LogP) is 4.26. The molecule has 1 aromatic carbocycles. The van der Waals surface area contributed by atoms with E-state index in [4.69, 9.17) is 21.1 Å². The van der Waals surface area contributed by atoms with Crippen LogP contribution in [0.3, 0.4) is 0 Å². The fourth-order valence-corrected chi connectivity index (χ4v) is 3.60. The number of ether oxygens (including phenoxy) is 2. The number of esters is 1. The molecule has 2 heterocycles. The molecule has 1 aliphatic rings. The number of benzene rings is 1. The Bertz CT molecular complexity index is 726. The summed E-state index contributed by atoms with van der Waals surface area (Å²) in [5.41, 5.74) is 1.57. The van der Waals surface area contributed by atoms with E-state index in [0.717, 1.165) is 46.9 Å². The lowest BCUT2D eigenvalue weighted by Crippen LogP contribution is -2.20. The van der Waals surface area contributed by atoms with Gasteiger partial charge in [-0.15, -0.1) is 0 Å². The van der Waals surface area contributed by atoms with Crippen LogP contribution in [0.5, 0.6) is 0 Å². The molecule has 3 rings (SSSR count). The van der Waals surface area contributed by atoms with Crippen LogP contribution in [0.2, 0.25) is 5.02 Å². The molecule has 1 aliphatic heterocycles. The lowest BCUT2D eigenvalue weighted by molar-refractivity contribution is -0.142. The highest BCUT2D eigenvalue weighted by molar-refractivity contribution is 9.10. The van der Waals surface area contributed by atoms with Crippen LogP contribution in [-0.2, 0) is 20.7 Å². The van der Waals surface area contributed by atoms with Crippen molar-refractivity contribution in [2.75, 3.05) is 13.2 Å². The first kappa shape index (κ1) is 16.7. The highest BCUT2D eigenvalue weighted by Crippen LogP contribution is 2.35. The molecule has 1 unspecified atom stereocenters. The molecular formula is C16H18BrClN2O3. The van der Waals surface area contributed by atoms with Crippen molar-refractivity contribution in [3.05, 3.63) is 27.3 Å². The minimum atomic E-state index is -0.296. The second-order valence-corrected chi connectivity index (χ2v) is 6.62. The third kappa shape index (κ3) is 3.39. The van der Waals surface area contributed by atoms with Gasteiger partial charge in [-0.3, -0.25) is 4.79 Å². The van der Waals surface area contributed by atoms with E-state index in [0.29, 0.717) is 11.6 Å². The molecule has 1 aromatic heterocycles. The number of rotatable bonds is 4. The Labute approximate surface area is 148 Å². The Morgan fingerprint density at radius 2 is 2.35 bits per heavy atom. The molecule has 0 bridgehead atoms. The molecule has 124 valence electrons. The monoisotopic (exact) mass is 400 g/mol. The molecule has 0 saturated carbocycles. The van der Waals surface area contributed by atoms with Crippen LogP contribution >= 0.6 is 27.5 Å². The molecule has 0 spiro atoms. The summed E-state index contributed by atoms with van der Waals surface area (Å²) < 4.78 is 13.5. The summed E-state index contributed by atoms with van der Waals surface area (Å²) in [5, 5.41) is 6.02. The normalized spacial score (nSPS) is 18.3. The van der Waals surface area contributed by atoms with Crippen molar-refractivity contribution in [2.45, 2.75) is 38.8 Å². The average Bonchev–Trinajstić information content (AvgIpc) is 2.88. The topological polar surface area (TPSA) is 53.3 Å². The number of aromatic nitrogens is 2. The van der Waals surface area contributed by atoms with E-state index in [-0.39, 0.29) is 18.6 Å². The molecule has 0 N–H and O–H groups in total. The maximum Gasteiger partial charge on any atom is 0.310 e. The number of hydrogen-bond acceptors (Lipinski definition) is 4. The third-order valence-electron chi connectivity index (χ3n) is 3.93. The third-order valence-corrected chi connectivity index (χ3v) is 4.87. The van der Waals surface area contributed by atoms with E-state index >= 15 is 0 Å². The van der Waals surface area contributed by atoms with Gasteiger partial charge in [0.2, 0.25) is 0 Å². The number of carbonyl (C=O) groups is 1. The lowest BCUT2D eigenvalue weighted by atomic mass is 10.1. The largest absolute Gasteiger partial charge is 0.466 e. The minimum absolute atomic E-state index is 0.120. The van der Waals surface area contributed by atoms with Crippen LogP contribution in [0.1, 0.15) is 38.0 Å². The van der Waals surface area contributed by atoms with E-state index in [9.17, 15) is 4.79 Å². The molecule has 23 heavy (non-hydrogen) atoms. The molecule has 2 aromatic rings. The van der Waals surface area contributed by atoms with Gasteiger partial charge in [0.15, 0.2) is 6.23 Å². The molecule has 1 fully saturated rings. The molecular weight excluding hydrogens is 384 g/mol. The number of nitrogens with zero attached hydrogens (tertiary/aromatic N) is 2. The standard InChI is InChI=1S/C16H18BrClN2O3/c1-2-22-14(21)9-11-12(18)7-6-10-15(11)20(19-16(10)17)13-5-3-4-8-23-13/h6-7,13H,2-5,8-9H2,1H3. The van der Waals surface area contributed by atoms with Crippen LogP contribution in [-0.4, -0.2) is 29.0 Å². The summed E-state index contributed by atoms with van der Waals surface area (Å²) in [6.07, 6.45) is 3.05. The van der Waals surface area contributed by atoms with Gasteiger partial charge in [-0.05, 0) is 54.2 Å². The summed E-state index contributed by atoms with van der Waals surface area (Å²) >= 11 is 9.86. The van der Waals surface area contributed by atoms with Crippen LogP contribution in [0.25, 0.3) is 10.9 Å². The van der Waals surface area contributed by atoms with Gasteiger partial charge in [0.05, 0.1) is 18.5 Å². The van der Waals surface area contributed by atoms with E-state index in [1.807, 2.05) is 10.7 Å². The minimum Gasteiger partial charge on any atom is -0.466 e. The summed E-state index contributed by atoms with van der Waals surface area (Å²) in [6, 6.07) is 3.69. The van der Waals surface area contributed by atoms with Gasteiger partial charge in [-0.25, -0.2) is 4.68 Å². The Kier molecular flexibility index (Phi) is 5.24. The zero-order chi connectivity index (χ0) is 16.4. The second kappa shape index (κ2) is 7.20. The van der Waals surface area contributed by atoms with E-state index in [2.05, 4.69) is 21.0 Å². The highest BCUT2D eigenvalue weighted by Gasteiger charge is 2.24. The smallest absolute Gasteiger partial charge is 0.310 e. The number of hydrogen-bond donors (Lipinski definition) is 0. The molecule has 7 heteroatoms. The van der Waals surface area contributed by atoms with E-state index < -0.39 is 0 Å². The Morgan fingerprint density at radius 3 is 3.04 bits per heavy atom. The highest BCUT2D eigenvalue weighted by atomic mass is 79.9. The lowest BCUT2D eigenvalue weighted by Gasteiger charge is -2.24. The molecule has 0 amide bonds. The van der Waals surface area contributed by atoms with Crippen molar-refractivity contribution in [2.24, 2.45) is 0 Å². The van der Waals surface area contributed by atoms with Crippen LogP contribution < -0.4 is 0 Å². The summed E-state index contributed by atoms with van der Waals surface area (Å²) in [5.74, 6) is -0.296. The van der Waals surface area contributed by atoms with Crippen molar-refractivity contribution in [3.63, 3.8) is 0 Å². The molecule has 1 atom stereocenters. The van der Waals surface area contributed by atoms with Gasteiger partial charge in [0, 0.05) is 22.6 Å². The van der Waals surface area contributed by atoms with Gasteiger partial charge >= 0.3 is 5.97 Å². The summed E-state index contributed by atoms with van der Waals surface area (Å²) in [6.45, 7) is 2.86. The molecule has 0 aliphatic carbocycles.